The predicted octanol–water partition coefficient (Wildman–Crippen LogP) is 3.93. The number of aliphatic hydroxyl groups is 1. The molecule has 3 unspecified atom stereocenters. The number of rotatable bonds is 15. The van der Waals surface area contributed by atoms with E-state index in [0.717, 1.165) is 21.2 Å². The first-order valence-electron chi connectivity index (χ1n) is 14.5. The lowest BCUT2D eigenvalue weighted by Crippen LogP contribution is -2.48. The first-order valence-corrected chi connectivity index (χ1v) is 16.8. The molecule has 4 atom stereocenters. The number of aliphatic hydroxyl groups excluding tert-OH is 1. The highest BCUT2D eigenvalue weighted by molar-refractivity contribution is 7.94. The fourth-order valence-electron chi connectivity index (χ4n) is 4.59. The molecule has 3 aromatic rings. The average molecular weight is 643 g/mol. The highest BCUT2D eigenvalue weighted by atomic mass is 32.2. The van der Waals surface area contributed by atoms with E-state index in [-0.39, 0.29) is 33.9 Å². The van der Waals surface area contributed by atoms with Crippen LogP contribution in [-0.4, -0.2) is 56.5 Å². The number of carbonyl (C=O) groups excluding carboxylic acids is 3. The van der Waals surface area contributed by atoms with Crippen LogP contribution in [0.5, 0.6) is 0 Å². The number of hydrogen-bond acceptors (Lipinski definition) is 7. The summed E-state index contributed by atoms with van der Waals surface area (Å²) in [7, 11) is -2.35. The third-order valence-corrected chi connectivity index (χ3v) is 10.4. The average Bonchev–Trinajstić information content (AvgIpc) is 3.55. The van der Waals surface area contributed by atoms with Crippen molar-refractivity contribution in [1.29, 1.82) is 0 Å². The summed E-state index contributed by atoms with van der Waals surface area (Å²) in [6.45, 7) is 7.52. The fraction of sp³-hybridized carbons (Fsp3) is 0.406. The molecule has 44 heavy (non-hydrogen) atoms. The van der Waals surface area contributed by atoms with Gasteiger partial charge in [-0.2, -0.15) is 0 Å². The Morgan fingerprint density at radius 1 is 0.886 bits per heavy atom. The van der Waals surface area contributed by atoms with E-state index in [2.05, 4.69) is 16.0 Å². The van der Waals surface area contributed by atoms with Gasteiger partial charge in [0.15, 0.2) is 0 Å². The molecule has 12 heteroatoms. The molecular weight excluding hydrogens is 601 g/mol. The summed E-state index contributed by atoms with van der Waals surface area (Å²) < 4.78 is 27.2. The third kappa shape index (κ3) is 9.63. The number of hydrogen-bond donors (Lipinski definition) is 4. The van der Waals surface area contributed by atoms with E-state index in [4.69, 9.17) is 0 Å². The highest BCUT2D eigenvalue weighted by Gasteiger charge is 2.29. The molecule has 1 aromatic heterocycles. The molecule has 0 aliphatic carbocycles. The molecular formula is C32H42N4O6S2. The van der Waals surface area contributed by atoms with Gasteiger partial charge in [0.25, 0.3) is 15.9 Å². The Morgan fingerprint density at radius 2 is 1.59 bits per heavy atom. The molecule has 10 nitrogen and oxygen atoms in total. The van der Waals surface area contributed by atoms with Crippen molar-refractivity contribution in [2.45, 2.75) is 69.5 Å². The van der Waals surface area contributed by atoms with Gasteiger partial charge in [-0.05, 0) is 60.9 Å². The Morgan fingerprint density at radius 3 is 2.23 bits per heavy atom. The Balaban J connectivity index is 1.61. The van der Waals surface area contributed by atoms with Gasteiger partial charge in [-0.15, -0.1) is 11.3 Å². The van der Waals surface area contributed by atoms with E-state index in [9.17, 15) is 27.9 Å². The molecule has 0 saturated carbocycles. The summed E-state index contributed by atoms with van der Waals surface area (Å²) in [5.74, 6) is -1.69. The molecule has 238 valence electrons. The summed E-state index contributed by atoms with van der Waals surface area (Å²) in [6.07, 6.45) is -0.537. The zero-order valence-corrected chi connectivity index (χ0v) is 27.3. The van der Waals surface area contributed by atoms with Crippen molar-refractivity contribution in [2.24, 2.45) is 11.8 Å². The van der Waals surface area contributed by atoms with Crippen molar-refractivity contribution in [1.82, 2.24) is 16.0 Å². The fourth-order valence-corrected chi connectivity index (χ4v) is 6.94. The van der Waals surface area contributed by atoms with Crippen LogP contribution < -0.4 is 20.3 Å². The maximum Gasteiger partial charge on any atom is 0.273 e. The number of sulfonamides is 1. The summed E-state index contributed by atoms with van der Waals surface area (Å²) in [5, 5.41) is 21.2. The van der Waals surface area contributed by atoms with Gasteiger partial charge in [0, 0.05) is 25.1 Å². The minimum absolute atomic E-state index is 0.0592. The molecule has 0 aliphatic heterocycles. The van der Waals surface area contributed by atoms with E-state index in [0.29, 0.717) is 18.7 Å². The molecule has 3 amide bonds. The molecule has 0 aliphatic rings. The van der Waals surface area contributed by atoms with Crippen LogP contribution in [0.4, 0.5) is 5.69 Å². The third-order valence-electron chi connectivity index (χ3n) is 7.19. The van der Waals surface area contributed by atoms with Gasteiger partial charge in [0.2, 0.25) is 11.8 Å². The molecule has 0 radical (unpaired) electrons. The molecule has 0 spiro atoms. The van der Waals surface area contributed by atoms with Gasteiger partial charge >= 0.3 is 0 Å². The van der Waals surface area contributed by atoms with E-state index in [1.54, 1.807) is 43.5 Å². The maximum absolute atomic E-state index is 13.3. The first-order chi connectivity index (χ1) is 20.8. The number of nitrogens with one attached hydrogen (secondary N) is 3. The van der Waals surface area contributed by atoms with Gasteiger partial charge in [-0.1, -0.05) is 63.2 Å². The van der Waals surface area contributed by atoms with Crippen molar-refractivity contribution in [3.05, 3.63) is 83.2 Å². The number of benzene rings is 2. The topological polar surface area (TPSA) is 145 Å². The van der Waals surface area contributed by atoms with Crippen molar-refractivity contribution >= 4 is 44.8 Å². The number of thiophene rings is 1. The Kier molecular flexibility index (Phi) is 12.5. The highest BCUT2D eigenvalue weighted by Crippen LogP contribution is 2.26. The lowest BCUT2D eigenvalue weighted by atomic mass is 9.92. The van der Waals surface area contributed by atoms with E-state index in [1.165, 1.54) is 19.2 Å². The van der Waals surface area contributed by atoms with Crippen molar-refractivity contribution < 1.29 is 27.9 Å². The van der Waals surface area contributed by atoms with E-state index >= 15 is 0 Å². The van der Waals surface area contributed by atoms with Crippen LogP contribution in [0, 0.1) is 11.8 Å². The minimum Gasteiger partial charge on any atom is -0.391 e. The van der Waals surface area contributed by atoms with Gasteiger partial charge in [0.1, 0.15) is 10.3 Å². The SMILES string of the molecule is CC(C)CC(NC(=O)c1cccc(N(C)S(=O)(=O)c2cccs2)c1)C(O)CC(C)C(=O)N[C@@H](C)C(=O)NCc1ccccc1. The molecule has 0 bridgehead atoms. The van der Waals surface area contributed by atoms with E-state index < -0.39 is 40.0 Å². The van der Waals surface area contributed by atoms with Crippen LogP contribution in [0.25, 0.3) is 0 Å². The second kappa shape index (κ2) is 15.8. The Labute approximate surface area is 263 Å². The minimum atomic E-state index is -3.78. The molecule has 0 fully saturated rings. The van der Waals surface area contributed by atoms with Gasteiger partial charge in [0.05, 0.1) is 17.8 Å². The lowest BCUT2D eigenvalue weighted by Gasteiger charge is -2.28. The smallest absolute Gasteiger partial charge is 0.273 e. The standard InChI is InChI=1S/C32H42N4O6S2/c1-21(2)17-27(28(37)18-22(3)30(38)34-23(4)31(39)33-20-24-11-7-6-8-12-24)35-32(40)25-13-9-14-26(19-25)36(5)44(41,42)29-15-10-16-43-29/h6-16,19,21-23,27-28,37H,17-18,20H2,1-5H3,(H,33,39)(H,34,38)(H,35,40)/t22?,23-,27?,28?/m0/s1. The Bertz CT molecular complexity index is 1500. The lowest BCUT2D eigenvalue weighted by molar-refractivity contribution is -0.131. The number of amides is 3. The Hall–Kier alpha value is -3.74. The first kappa shape index (κ1) is 34.7. The van der Waals surface area contributed by atoms with Crippen LogP contribution in [0.2, 0.25) is 0 Å². The molecule has 0 saturated heterocycles. The second-order valence-electron chi connectivity index (χ2n) is 11.3. The van der Waals surface area contributed by atoms with Crippen LogP contribution in [0.1, 0.15) is 56.5 Å². The summed E-state index contributed by atoms with van der Waals surface area (Å²) in [4.78, 5) is 38.7. The largest absolute Gasteiger partial charge is 0.391 e. The maximum atomic E-state index is 13.3. The summed E-state index contributed by atoms with van der Waals surface area (Å²) in [5.41, 5.74) is 1.49. The number of nitrogens with zero attached hydrogens (tertiary/aromatic N) is 1. The van der Waals surface area contributed by atoms with Crippen molar-refractivity contribution in [3.8, 4) is 0 Å². The second-order valence-corrected chi connectivity index (χ2v) is 14.4. The zero-order chi connectivity index (χ0) is 32.4. The van der Waals surface area contributed by atoms with Crippen LogP contribution >= 0.6 is 11.3 Å². The summed E-state index contributed by atoms with van der Waals surface area (Å²) >= 11 is 1.11. The molecule has 1 heterocycles. The number of carbonyl (C=O) groups is 3. The van der Waals surface area contributed by atoms with Crippen LogP contribution in [-0.2, 0) is 26.2 Å². The predicted molar refractivity (Wildman–Crippen MR) is 173 cm³/mol. The van der Waals surface area contributed by atoms with Gasteiger partial charge in [-0.25, -0.2) is 8.42 Å². The van der Waals surface area contributed by atoms with Gasteiger partial charge < -0.3 is 21.1 Å². The molecule has 4 N–H and O–H groups in total. The van der Waals surface area contributed by atoms with Gasteiger partial charge in [-0.3, -0.25) is 18.7 Å². The molecule has 3 rings (SSSR count). The number of anilines is 1. The van der Waals surface area contributed by atoms with Crippen molar-refractivity contribution in [3.63, 3.8) is 0 Å². The molecule has 2 aromatic carbocycles. The van der Waals surface area contributed by atoms with Crippen LogP contribution in [0.3, 0.4) is 0 Å². The van der Waals surface area contributed by atoms with E-state index in [1.807, 2.05) is 44.2 Å². The quantitative estimate of drug-likeness (QED) is 0.198. The van der Waals surface area contributed by atoms with Crippen LogP contribution in [0.15, 0.2) is 76.3 Å². The normalized spacial score (nSPS) is 14.2. The van der Waals surface area contributed by atoms with Crippen molar-refractivity contribution in [2.75, 3.05) is 11.4 Å². The summed E-state index contributed by atoms with van der Waals surface area (Å²) in [6, 6.07) is 17.4. The monoisotopic (exact) mass is 642 g/mol. The zero-order valence-electron chi connectivity index (χ0n) is 25.7.